The first-order chi connectivity index (χ1) is 11.0. The molecule has 6 nitrogen and oxygen atoms in total. The lowest BCUT2D eigenvalue weighted by atomic mass is 10.2. The zero-order valence-corrected chi connectivity index (χ0v) is 13.6. The van der Waals surface area contributed by atoms with Crippen molar-refractivity contribution in [1.29, 1.82) is 0 Å². The number of anilines is 1. The molecule has 2 aromatic carbocycles. The Morgan fingerprint density at radius 2 is 1.87 bits per heavy atom. The van der Waals surface area contributed by atoms with Crippen molar-refractivity contribution in [1.82, 2.24) is 14.8 Å². The van der Waals surface area contributed by atoms with Crippen molar-refractivity contribution in [3.05, 3.63) is 66.2 Å². The average Bonchev–Trinajstić information content (AvgIpc) is 3.04. The number of para-hydroxylation sites is 2. The summed E-state index contributed by atoms with van der Waals surface area (Å²) in [6, 6.07) is 12.4. The van der Waals surface area contributed by atoms with Crippen LogP contribution in [0.4, 0.5) is 5.69 Å². The van der Waals surface area contributed by atoms with E-state index < -0.39 is 10.0 Å². The van der Waals surface area contributed by atoms with Crippen LogP contribution in [0.3, 0.4) is 0 Å². The monoisotopic (exact) mass is 328 g/mol. The highest BCUT2D eigenvalue weighted by Gasteiger charge is 2.19. The van der Waals surface area contributed by atoms with Gasteiger partial charge in [0.25, 0.3) is 10.0 Å². The van der Waals surface area contributed by atoms with Crippen LogP contribution in [0.5, 0.6) is 0 Å². The van der Waals surface area contributed by atoms with Gasteiger partial charge in [0, 0.05) is 0 Å². The van der Waals surface area contributed by atoms with Gasteiger partial charge < -0.3 is 0 Å². The van der Waals surface area contributed by atoms with Crippen LogP contribution in [0.1, 0.15) is 11.1 Å². The van der Waals surface area contributed by atoms with E-state index in [1.165, 1.54) is 17.3 Å². The summed E-state index contributed by atoms with van der Waals surface area (Å²) in [5, 5.41) is 4.05. The van der Waals surface area contributed by atoms with Gasteiger partial charge in [0.15, 0.2) is 0 Å². The van der Waals surface area contributed by atoms with Crippen molar-refractivity contribution in [2.75, 3.05) is 4.72 Å². The predicted octanol–water partition coefficient (Wildman–Crippen LogP) is 2.68. The van der Waals surface area contributed by atoms with Crippen LogP contribution in [-0.2, 0) is 10.0 Å². The van der Waals surface area contributed by atoms with E-state index in [0.717, 1.165) is 5.56 Å². The smallest absolute Gasteiger partial charge is 0.262 e. The molecule has 1 heterocycles. The third kappa shape index (κ3) is 3.09. The molecule has 23 heavy (non-hydrogen) atoms. The highest BCUT2D eigenvalue weighted by atomic mass is 32.2. The second-order valence-corrected chi connectivity index (χ2v) is 6.88. The van der Waals surface area contributed by atoms with Crippen LogP contribution >= 0.6 is 0 Å². The number of benzene rings is 2. The maximum atomic E-state index is 12.7. The molecular formula is C16H16N4O2S. The van der Waals surface area contributed by atoms with Gasteiger partial charge in [-0.05, 0) is 43.2 Å². The van der Waals surface area contributed by atoms with Crippen LogP contribution in [-0.4, -0.2) is 23.2 Å². The minimum absolute atomic E-state index is 0.269. The van der Waals surface area contributed by atoms with Crippen molar-refractivity contribution in [3.63, 3.8) is 0 Å². The van der Waals surface area contributed by atoms with Crippen molar-refractivity contribution in [2.45, 2.75) is 18.7 Å². The topological polar surface area (TPSA) is 76.9 Å². The van der Waals surface area contributed by atoms with Gasteiger partial charge in [0.1, 0.15) is 12.7 Å². The minimum Gasteiger partial charge on any atom is -0.277 e. The largest absolute Gasteiger partial charge is 0.277 e. The molecule has 0 aliphatic carbocycles. The highest BCUT2D eigenvalue weighted by molar-refractivity contribution is 7.92. The first-order valence-corrected chi connectivity index (χ1v) is 8.50. The van der Waals surface area contributed by atoms with E-state index in [4.69, 9.17) is 0 Å². The Bertz CT molecular complexity index is 934. The molecule has 3 rings (SSSR count). The summed E-state index contributed by atoms with van der Waals surface area (Å²) in [7, 11) is -3.69. The van der Waals surface area contributed by atoms with Gasteiger partial charge in [-0.3, -0.25) is 4.72 Å². The average molecular weight is 328 g/mol. The first-order valence-electron chi connectivity index (χ1n) is 7.01. The summed E-state index contributed by atoms with van der Waals surface area (Å²) in [6.45, 7) is 3.64. The molecule has 1 N–H and O–H groups in total. The lowest BCUT2D eigenvalue weighted by Gasteiger charge is -2.14. The molecule has 0 fully saturated rings. The molecule has 0 spiro atoms. The Morgan fingerprint density at radius 1 is 1.09 bits per heavy atom. The number of aryl methyl sites for hydroxylation is 2. The molecule has 0 unspecified atom stereocenters. The summed E-state index contributed by atoms with van der Waals surface area (Å²) in [5.74, 6) is 0. The molecule has 7 heteroatoms. The van der Waals surface area contributed by atoms with E-state index in [2.05, 4.69) is 14.8 Å². The molecule has 1 aromatic heterocycles. The van der Waals surface area contributed by atoms with Gasteiger partial charge >= 0.3 is 0 Å². The highest BCUT2D eigenvalue weighted by Crippen LogP contribution is 2.24. The second-order valence-electron chi connectivity index (χ2n) is 5.23. The fourth-order valence-electron chi connectivity index (χ4n) is 2.29. The lowest BCUT2D eigenvalue weighted by molar-refractivity contribution is 0.600. The SMILES string of the molecule is Cc1ccc(C)c(S(=O)(=O)Nc2ccccc2-n2cncn2)c1. The van der Waals surface area contributed by atoms with E-state index in [1.54, 1.807) is 37.3 Å². The zero-order valence-electron chi connectivity index (χ0n) is 12.8. The molecular weight excluding hydrogens is 312 g/mol. The van der Waals surface area contributed by atoms with Gasteiger partial charge in [-0.1, -0.05) is 24.3 Å². The summed E-state index contributed by atoms with van der Waals surface area (Å²) < 4.78 is 29.6. The quantitative estimate of drug-likeness (QED) is 0.799. The molecule has 0 amide bonds. The van der Waals surface area contributed by atoms with Crippen LogP contribution < -0.4 is 4.72 Å². The maximum absolute atomic E-state index is 12.7. The standard InChI is InChI=1S/C16H16N4O2S/c1-12-7-8-13(2)16(9-12)23(21,22)19-14-5-3-4-6-15(14)20-11-17-10-18-20/h3-11,19H,1-2H3. The third-order valence-electron chi connectivity index (χ3n) is 3.45. The Hall–Kier alpha value is -2.67. The third-order valence-corrected chi connectivity index (χ3v) is 4.95. The second kappa shape index (κ2) is 5.85. The van der Waals surface area contributed by atoms with Crippen LogP contribution in [0.25, 0.3) is 5.69 Å². The van der Waals surface area contributed by atoms with E-state index in [9.17, 15) is 8.42 Å². The Kier molecular flexibility index (Phi) is 3.87. The summed E-state index contributed by atoms with van der Waals surface area (Å²) in [4.78, 5) is 4.16. The molecule has 0 saturated carbocycles. The number of rotatable bonds is 4. The van der Waals surface area contributed by atoms with Gasteiger partial charge in [0.2, 0.25) is 0 Å². The number of sulfonamides is 1. The predicted molar refractivity (Wildman–Crippen MR) is 88.1 cm³/mol. The molecule has 3 aromatic rings. The Morgan fingerprint density at radius 3 is 2.61 bits per heavy atom. The van der Waals surface area contributed by atoms with Crippen molar-refractivity contribution in [3.8, 4) is 5.69 Å². The molecule has 0 bridgehead atoms. The number of nitrogens with zero attached hydrogens (tertiary/aromatic N) is 3. The number of hydrogen-bond acceptors (Lipinski definition) is 4. The zero-order chi connectivity index (χ0) is 16.4. The van der Waals surface area contributed by atoms with Crippen LogP contribution in [0, 0.1) is 13.8 Å². The van der Waals surface area contributed by atoms with Crippen LogP contribution in [0.2, 0.25) is 0 Å². The summed E-state index contributed by atoms with van der Waals surface area (Å²) in [6.07, 6.45) is 2.92. The molecule has 0 aliphatic heterocycles. The molecule has 0 aliphatic rings. The van der Waals surface area contributed by atoms with E-state index in [0.29, 0.717) is 16.9 Å². The molecule has 0 radical (unpaired) electrons. The van der Waals surface area contributed by atoms with E-state index >= 15 is 0 Å². The van der Waals surface area contributed by atoms with Gasteiger partial charge in [-0.15, -0.1) is 0 Å². The fraction of sp³-hybridized carbons (Fsp3) is 0.125. The van der Waals surface area contributed by atoms with E-state index in [-0.39, 0.29) is 4.90 Å². The van der Waals surface area contributed by atoms with Gasteiger partial charge in [-0.25, -0.2) is 18.1 Å². The normalized spacial score (nSPS) is 11.4. The summed E-state index contributed by atoms with van der Waals surface area (Å²) in [5.41, 5.74) is 2.64. The Labute approximate surface area is 134 Å². The van der Waals surface area contributed by atoms with E-state index in [1.807, 2.05) is 19.1 Å². The van der Waals surface area contributed by atoms with Crippen molar-refractivity contribution >= 4 is 15.7 Å². The number of aromatic nitrogens is 3. The minimum atomic E-state index is -3.69. The van der Waals surface area contributed by atoms with Gasteiger partial charge in [-0.2, -0.15) is 5.10 Å². The van der Waals surface area contributed by atoms with Crippen molar-refractivity contribution in [2.24, 2.45) is 0 Å². The molecule has 0 atom stereocenters. The maximum Gasteiger partial charge on any atom is 0.262 e. The fourth-order valence-corrected chi connectivity index (χ4v) is 3.69. The number of nitrogens with one attached hydrogen (secondary N) is 1. The van der Waals surface area contributed by atoms with Crippen molar-refractivity contribution < 1.29 is 8.42 Å². The molecule has 118 valence electrons. The lowest BCUT2D eigenvalue weighted by Crippen LogP contribution is -2.16. The first kappa shape index (κ1) is 15.2. The number of hydrogen-bond donors (Lipinski definition) is 1. The Balaban J connectivity index is 2.04. The molecule has 0 saturated heterocycles. The van der Waals surface area contributed by atoms with Gasteiger partial charge in [0.05, 0.1) is 16.3 Å². The van der Waals surface area contributed by atoms with Crippen LogP contribution in [0.15, 0.2) is 60.0 Å². The summed E-state index contributed by atoms with van der Waals surface area (Å²) >= 11 is 0.